The minimum atomic E-state index is 0.158. The van der Waals surface area contributed by atoms with Gasteiger partial charge in [0.25, 0.3) is 0 Å². The molecular formula is C8H15NO2. The first-order valence-electron chi connectivity index (χ1n) is 4.32. The molecule has 2 aliphatic rings. The summed E-state index contributed by atoms with van der Waals surface area (Å²) in [5.74, 6) is 5.67. The predicted molar refractivity (Wildman–Crippen MR) is 40.7 cm³/mol. The molecule has 0 radical (unpaired) electrons. The van der Waals surface area contributed by atoms with Gasteiger partial charge in [0, 0.05) is 5.92 Å². The van der Waals surface area contributed by atoms with E-state index in [0.717, 1.165) is 6.42 Å². The fourth-order valence-corrected chi connectivity index (χ4v) is 2.27. The van der Waals surface area contributed by atoms with Crippen molar-refractivity contribution in [2.75, 3.05) is 0 Å². The van der Waals surface area contributed by atoms with Gasteiger partial charge in [0.05, 0.1) is 18.3 Å². The quantitative estimate of drug-likeness (QED) is 0.604. The molecule has 2 heterocycles. The first kappa shape index (κ1) is 7.53. The molecule has 0 spiro atoms. The van der Waals surface area contributed by atoms with Crippen LogP contribution in [0, 0.1) is 5.92 Å². The minimum absolute atomic E-state index is 0.158. The van der Waals surface area contributed by atoms with Gasteiger partial charge < -0.3 is 9.57 Å². The third-order valence-corrected chi connectivity index (χ3v) is 2.97. The van der Waals surface area contributed by atoms with E-state index < -0.39 is 0 Å². The van der Waals surface area contributed by atoms with E-state index in [1.807, 2.05) is 6.92 Å². The number of hydrogen-bond acceptors (Lipinski definition) is 3. The van der Waals surface area contributed by atoms with E-state index in [1.165, 1.54) is 12.8 Å². The van der Waals surface area contributed by atoms with Crippen LogP contribution >= 0.6 is 0 Å². The van der Waals surface area contributed by atoms with Gasteiger partial charge in [-0.15, -0.1) is 0 Å². The average Bonchev–Trinajstić information content (AvgIpc) is 2.62. The van der Waals surface area contributed by atoms with Crippen LogP contribution in [0.5, 0.6) is 0 Å². The third kappa shape index (κ3) is 1.17. The molecular weight excluding hydrogens is 142 g/mol. The van der Waals surface area contributed by atoms with Gasteiger partial charge in [-0.3, -0.25) is 0 Å². The zero-order chi connectivity index (χ0) is 7.84. The summed E-state index contributed by atoms with van der Waals surface area (Å²) in [6.45, 7) is 2.02. The number of hydrogen-bond donors (Lipinski definition) is 1. The summed E-state index contributed by atoms with van der Waals surface area (Å²) < 4.78 is 5.67. The molecule has 4 atom stereocenters. The van der Waals surface area contributed by atoms with Crippen molar-refractivity contribution in [2.24, 2.45) is 11.8 Å². The Bertz CT molecular complexity index is 151. The molecule has 0 aliphatic carbocycles. The predicted octanol–water partition coefficient (Wildman–Crippen LogP) is 0.833. The normalized spacial score (nSPS) is 44.7. The molecule has 2 fully saturated rings. The van der Waals surface area contributed by atoms with Crippen LogP contribution in [0.3, 0.4) is 0 Å². The zero-order valence-electron chi connectivity index (χ0n) is 6.82. The molecule has 0 aromatic heterocycles. The van der Waals surface area contributed by atoms with Crippen LogP contribution in [0.4, 0.5) is 0 Å². The Morgan fingerprint density at radius 1 is 1.55 bits per heavy atom. The van der Waals surface area contributed by atoms with Crippen LogP contribution in [0.25, 0.3) is 0 Å². The maximum absolute atomic E-state index is 5.67. The van der Waals surface area contributed by atoms with Crippen molar-refractivity contribution in [2.45, 2.75) is 44.5 Å². The van der Waals surface area contributed by atoms with E-state index in [0.29, 0.717) is 18.1 Å². The van der Waals surface area contributed by atoms with E-state index in [4.69, 9.17) is 15.5 Å². The molecule has 4 unspecified atom stereocenters. The zero-order valence-corrected chi connectivity index (χ0v) is 6.82. The van der Waals surface area contributed by atoms with Crippen LogP contribution in [-0.4, -0.2) is 18.3 Å². The Labute approximate surface area is 66.8 Å². The number of rotatable bonds is 2. The monoisotopic (exact) mass is 157 g/mol. The first-order valence-corrected chi connectivity index (χ1v) is 4.32. The molecule has 64 valence electrons. The number of fused-ring (bicyclic) bond motifs is 2. The largest absolute Gasteiger partial charge is 0.375 e. The van der Waals surface area contributed by atoms with Crippen molar-refractivity contribution in [3.05, 3.63) is 0 Å². The second kappa shape index (κ2) is 2.73. The van der Waals surface area contributed by atoms with Crippen LogP contribution in [0.2, 0.25) is 0 Å². The minimum Gasteiger partial charge on any atom is -0.375 e. The fraction of sp³-hybridized carbons (Fsp3) is 1.00. The van der Waals surface area contributed by atoms with Crippen LogP contribution in [0.1, 0.15) is 26.2 Å². The Morgan fingerprint density at radius 3 is 2.82 bits per heavy atom. The molecule has 2 saturated heterocycles. The standard InChI is InChI=1S/C8H15NO2/c1-5(11-9)7-4-6-2-3-8(7)10-6/h5-8H,2-4,9H2,1H3. The smallest absolute Gasteiger partial charge is 0.0813 e. The van der Waals surface area contributed by atoms with Crippen LogP contribution in [0.15, 0.2) is 0 Å². The highest BCUT2D eigenvalue weighted by Crippen LogP contribution is 2.40. The molecule has 0 amide bonds. The van der Waals surface area contributed by atoms with E-state index in [1.54, 1.807) is 0 Å². The first-order chi connectivity index (χ1) is 5.31. The third-order valence-electron chi connectivity index (χ3n) is 2.97. The molecule has 2 bridgehead atoms. The highest BCUT2D eigenvalue weighted by Gasteiger charge is 2.43. The second-order valence-electron chi connectivity index (χ2n) is 3.61. The fourth-order valence-electron chi connectivity index (χ4n) is 2.27. The second-order valence-corrected chi connectivity index (χ2v) is 3.61. The summed E-state index contributed by atoms with van der Waals surface area (Å²) in [5, 5.41) is 0. The molecule has 2 rings (SSSR count). The van der Waals surface area contributed by atoms with Crippen LogP contribution < -0.4 is 5.90 Å². The summed E-state index contributed by atoms with van der Waals surface area (Å²) >= 11 is 0. The van der Waals surface area contributed by atoms with Gasteiger partial charge in [-0.1, -0.05) is 0 Å². The van der Waals surface area contributed by atoms with E-state index in [9.17, 15) is 0 Å². The Balaban J connectivity index is 1.96. The SMILES string of the molecule is CC(ON)C1CC2CCC1O2. The molecule has 0 saturated carbocycles. The maximum atomic E-state index is 5.67. The lowest BCUT2D eigenvalue weighted by Crippen LogP contribution is -2.31. The molecule has 2 N–H and O–H groups in total. The van der Waals surface area contributed by atoms with Crippen molar-refractivity contribution in [1.29, 1.82) is 0 Å². The van der Waals surface area contributed by atoms with E-state index in [-0.39, 0.29) is 6.10 Å². The summed E-state index contributed by atoms with van der Waals surface area (Å²) in [7, 11) is 0. The van der Waals surface area contributed by atoms with Gasteiger partial charge in [-0.05, 0) is 26.2 Å². The molecule has 3 heteroatoms. The van der Waals surface area contributed by atoms with Gasteiger partial charge in [-0.2, -0.15) is 0 Å². The summed E-state index contributed by atoms with van der Waals surface area (Å²) in [6.07, 6.45) is 4.66. The Kier molecular flexibility index (Phi) is 1.87. The van der Waals surface area contributed by atoms with Crippen molar-refractivity contribution >= 4 is 0 Å². The van der Waals surface area contributed by atoms with Gasteiger partial charge in [0.15, 0.2) is 0 Å². The number of nitrogens with two attached hydrogens (primary N) is 1. The maximum Gasteiger partial charge on any atom is 0.0813 e. The van der Waals surface area contributed by atoms with Gasteiger partial charge in [0.2, 0.25) is 0 Å². The summed E-state index contributed by atoms with van der Waals surface area (Å²) in [4.78, 5) is 4.81. The van der Waals surface area contributed by atoms with Crippen LogP contribution in [-0.2, 0) is 9.57 Å². The van der Waals surface area contributed by atoms with E-state index in [2.05, 4.69) is 0 Å². The average molecular weight is 157 g/mol. The van der Waals surface area contributed by atoms with Crippen molar-refractivity contribution < 1.29 is 9.57 Å². The van der Waals surface area contributed by atoms with Gasteiger partial charge in [-0.25, -0.2) is 5.90 Å². The highest BCUT2D eigenvalue weighted by molar-refractivity contribution is 4.91. The molecule has 11 heavy (non-hydrogen) atoms. The van der Waals surface area contributed by atoms with Crippen molar-refractivity contribution in [1.82, 2.24) is 0 Å². The molecule has 0 aromatic rings. The lowest BCUT2D eigenvalue weighted by Gasteiger charge is -2.23. The topological polar surface area (TPSA) is 44.5 Å². The highest BCUT2D eigenvalue weighted by atomic mass is 16.6. The molecule has 0 aromatic carbocycles. The lowest BCUT2D eigenvalue weighted by molar-refractivity contribution is -0.00377. The van der Waals surface area contributed by atoms with Crippen molar-refractivity contribution in [3.8, 4) is 0 Å². The van der Waals surface area contributed by atoms with E-state index >= 15 is 0 Å². The Morgan fingerprint density at radius 2 is 2.36 bits per heavy atom. The lowest BCUT2D eigenvalue weighted by atomic mass is 9.86. The number of ether oxygens (including phenoxy) is 1. The summed E-state index contributed by atoms with van der Waals surface area (Å²) in [6, 6.07) is 0. The summed E-state index contributed by atoms with van der Waals surface area (Å²) in [5.41, 5.74) is 0. The van der Waals surface area contributed by atoms with Crippen molar-refractivity contribution in [3.63, 3.8) is 0 Å². The molecule has 3 nitrogen and oxygen atoms in total. The Hall–Kier alpha value is -0.120. The van der Waals surface area contributed by atoms with Gasteiger partial charge in [0.1, 0.15) is 0 Å². The van der Waals surface area contributed by atoms with Gasteiger partial charge >= 0.3 is 0 Å². The molecule has 2 aliphatic heterocycles.